The Labute approximate surface area is 150 Å². The summed E-state index contributed by atoms with van der Waals surface area (Å²) in [5.74, 6) is -0.344. The van der Waals surface area contributed by atoms with E-state index in [-0.39, 0.29) is 5.82 Å². The van der Waals surface area contributed by atoms with Gasteiger partial charge in [-0.15, -0.1) is 0 Å². The van der Waals surface area contributed by atoms with Gasteiger partial charge in [-0.1, -0.05) is 23.2 Å². The predicted molar refractivity (Wildman–Crippen MR) is 100 cm³/mol. The van der Waals surface area contributed by atoms with Crippen LogP contribution in [-0.2, 0) is 6.42 Å². The van der Waals surface area contributed by atoms with Crippen LogP contribution in [0.4, 0.5) is 4.39 Å². The summed E-state index contributed by atoms with van der Waals surface area (Å²) in [4.78, 5) is 3.47. The summed E-state index contributed by atoms with van der Waals surface area (Å²) in [7, 11) is 0. The maximum absolute atomic E-state index is 13.4. The van der Waals surface area contributed by atoms with E-state index in [4.69, 9.17) is 28.9 Å². The SMILES string of the molecule is Cc1cc(Cl)cc2c(CCCCN)c(-c3ccc(F)cc3Cl)[nH]c12. The minimum absolute atomic E-state index is 0.344. The second kappa shape index (κ2) is 7.14. The van der Waals surface area contributed by atoms with Gasteiger partial charge >= 0.3 is 0 Å². The Morgan fingerprint density at radius 1 is 1.12 bits per heavy atom. The summed E-state index contributed by atoms with van der Waals surface area (Å²) in [6.45, 7) is 2.68. The fraction of sp³-hybridized carbons (Fsp3) is 0.263. The van der Waals surface area contributed by atoms with E-state index in [1.165, 1.54) is 12.1 Å². The van der Waals surface area contributed by atoms with Crippen molar-refractivity contribution in [3.05, 3.63) is 57.3 Å². The molecule has 3 aromatic rings. The molecule has 3 rings (SSSR count). The van der Waals surface area contributed by atoms with Crippen molar-refractivity contribution in [2.45, 2.75) is 26.2 Å². The molecule has 0 atom stereocenters. The maximum Gasteiger partial charge on any atom is 0.124 e. The zero-order chi connectivity index (χ0) is 17.3. The molecule has 0 saturated carbocycles. The first kappa shape index (κ1) is 17.3. The van der Waals surface area contributed by atoms with Gasteiger partial charge in [-0.3, -0.25) is 0 Å². The van der Waals surface area contributed by atoms with Crippen molar-refractivity contribution < 1.29 is 4.39 Å². The Bertz CT molecular complexity index is 887. The van der Waals surface area contributed by atoms with Gasteiger partial charge in [0.15, 0.2) is 0 Å². The molecule has 2 aromatic carbocycles. The van der Waals surface area contributed by atoms with Crippen LogP contribution >= 0.6 is 23.2 Å². The first-order chi connectivity index (χ1) is 11.5. The molecule has 1 aromatic heterocycles. The number of nitrogens with two attached hydrogens (primary N) is 1. The zero-order valence-corrected chi connectivity index (χ0v) is 14.9. The molecule has 0 amide bonds. The third kappa shape index (κ3) is 3.30. The average molecular weight is 365 g/mol. The van der Waals surface area contributed by atoms with Gasteiger partial charge < -0.3 is 10.7 Å². The largest absolute Gasteiger partial charge is 0.354 e. The number of hydrogen-bond donors (Lipinski definition) is 2. The van der Waals surface area contributed by atoms with Crippen LogP contribution in [0.5, 0.6) is 0 Å². The average Bonchev–Trinajstić information content (AvgIpc) is 2.86. The Hall–Kier alpha value is -1.55. The third-order valence-electron chi connectivity index (χ3n) is 4.26. The zero-order valence-electron chi connectivity index (χ0n) is 13.4. The normalized spacial score (nSPS) is 11.4. The van der Waals surface area contributed by atoms with Crippen molar-refractivity contribution in [1.82, 2.24) is 4.98 Å². The van der Waals surface area contributed by atoms with Gasteiger partial charge in [0.1, 0.15) is 5.82 Å². The van der Waals surface area contributed by atoms with Crippen molar-refractivity contribution in [3.63, 3.8) is 0 Å². The minimum Gasteiger partial charge on any atom is -0.354 e. The first-order valence-electron chi connectivity index (χ1n) is 7.97. The van der Waals surface area contributed by atoms with Crippen LogP contribution in [-0.4, -0.2) is 11.5 Å². The summed E-state index contributed by atoms with van der Waals surface area (Å²) in [5, 5.41) is 2.19. The molecule has 2 nitrogen and oxygen atoms in total. The second-order valence-corrected chi connectivity index (χ2v) is 6.84. The summed E-state index contributed by atoms with van der Waals surface area (Å²) in [6, 6.07) is 8.38. The first-order valence-corrected chi connectivity index (χ1v) is 8.73. The molecular formula is C19H19Cl2FN2. The maximum atomic E-state index is 13.4. The number of halogens is 3. The number of aromatic nitrogens is 1. The molecular weight excluding hydrogens is 346 g/mol. The van der Waals surface area contributed by atoms with Crippen LogP contribution < -0.4 is 5.73 Å². The molecule has 1 heterocycles. The Kier molecular flexibility index (Phi) is 5.14. The van der Waals surface area contributed by atoms with E-state index in [2.05, 4.69) is 4.98 Å². The number of aryl methyl sites for hydroxylation is 2. The lowest BCUT2D eigenvalue weighted by Gasteiger charge is -2.07. The fourth-order valence-electron chi connectivity index (χ4n) is 3.11. The summed E-state index contributed by atoms with van der Waals surface area (Å²) in [5.41, 5.74) is 10.6. The topological polar surface area (TPSA) is 41.8 Å². The highest BCUT2D eigenvalue weighted by molar-refractivity contribution is 6.33. The smallest absolute Gasteiger partial charge is 0.124 e. The highest BCUT2D eigenvalue weighted by Gasteiger charge is 2.17. The lowest BCUT2D eigenvalue weighted by Crippen LogP contribution is -1.99. The van der Waals surface area contributed by atoms with Gasteiger partial charge in [-0.25, -0.2) is 4.39 Å². The molecule has 3 N–H and O–H groups in total. The molecule has 0 aliphatic rings. The molecule has 24 heavy (non-hydrogen) atoms. The monoisotopic (exact) mass is 364 g/mol. The van der Waals surface area contributed by atoms with Crippen LogP contribution in [0, 0.1) is 12.7 Å². The number of nitrogens with one attached hydrogen (secondary N) is 1. The van der Waals surface area contributed by atoms with Crippen molar-refractivity contribution >= 4 is 34.1 Å². The van der Waals surface area contributed by atoms with E-state index in [1.54, 1.807) is 6.07 Å². The predicted octanol–water partition coefficient (Wildman–Crippen LogP) is 5.87. The van der Waals surface area contributed by atoms with Crippen molar-refractivity contribution in [1.29, 1.82) is 0 Å². The van der Waals surface area contributed by atoms with E-state index >= 15 is 0 Å². The quantitative estimate of drug-likeness (QED) is 0.546. The number of H-pyrrole nitrogens is 1. The number of aromatic amines is 1. The molecule has 0 unspecified atom stereocenters. The van der Waals surface area contributed by atoms with Gasteiger partial charge in [0.2, 0.25) is 0 Å². The van der Waals surface area contributed by atoms with Crippen molar-refractivity contribution in [2.75, 3.05) is 6.54 Å². The van der Waals surface area contributed by atoms with E-state index in [0.717, 1.165) is 52.5 Å². The Morgan fingerprint density at radius 2 is 1.92 bits per heavy atom. The molecule has 0 aliphatic heterocycles. The number of fused-ring (bicyclic) bond motifs is 1. The molecule has 0 fully saturated rings. The highest BCUT2D eigenvalue weighted by atomic mass is 35.5. The van der Waals surface area contributed by atoms with E-state index in [9.17, 15) is 4.39 Å². The van der Waals surface area contributed by atoms with Gasteiger partial charge in [-0.2, -0.15) is 0 Å². The fourth-order valence-corrected chi connectivity index (χ4v) is 3.64. The van der Waals surface area contributed by atoms with Crippen molar-refractivity contribution in [2.24, 2.45) is 5.73 Å². The summed E-state index contributed by atoms with van der Waals surface area (Å²) in [6.07, 6.45) is 2.78. The number of rotatable bonds is 5. The lowest BCUT2D eigenvalue weighted by atomic mass is 9.99. The molecule has 0 spiro atoms. The van der Waals surface area contributed by atoms with Gasteiger partial charge in [0.05, 0.1) is 10.7 Å². The van der Waals surface area contributed by atoms with Crippen LogP contribution in [0.1, 0.15) is 24.0 Å². The number of hydrogen-bond acceptors (Lipinski definition) is 1. The summed E-state index contributed by atoms with van der Waals surface area (Å²) >= 11 is 12.5. The number of unbranched alkanes of at least 4 members (excludes halogenated alkanes) is 1. The van der Waals surface area contributed by atoms with Crippen LogP contribution in [0.3, 0.4) is 0 Å². The lowest BCUT2D eigenvalue weighted by molar-refractivity contribution is 0.628. The Balaban J connectivity index is 2.21. The van der Waals surface area contributed by atoms with Gasteiger partial charge in [-0.05, 0) is 74.2 Å². The Morgan fingerprint density at radius 3 is 2.62 bits per heavy atom. The molecule has 126 valence electrons. The third-order valence-corrected chi connectivity index (χ3v) is 4.79. The molecule has 0 aliphatic carbocycles. The van der Waals surface area contributed by atoms with E-state index < -0.39 is 0 Å². The molecule has 5 heteroatoms. The second-order valence-electron chi connectivity index (χ2n) is 5.99. The highest BCUT2D eigenvalue weighted by Crippen LogP contribution is 2.37. The summed E-state index contributed by atoms with van der Waals surface area (Å²) < 4.78 is 13.4. The van der Waals surface area contributed by atoms with E-state index in [0.29, 0.717) is 16.6 Å². The molecule has 0 saturated heterocycles. The van der Waals surface area contributed by atoms with Crippen LogP contribution in [0.25, 0.3) is 22.2 Å². The van der Waals surface area contributed by atoms with Crippen molar-refractivity contribution in [3.8, 4) is 11.3 Å². The minimum atomic E-state index is -0.344. The van der Waals surface area contributed by atoms with Gasteiger partial charge in [0.25, 0.3) is 0 Å². The van der Waals surface area contributed by atoms with E-state index in [1.807, 2.05) is 19.1 Å². The van der Waals surface area contributed by atoms with Crippen LogP contribution in [0.15, 0.2) is 30.3 Å². The van der Waals surface area contributed by atoms with Gasteiger partial charge in [0, 0.05) is 21.5 Å². The molecule has 0 bridgehead atoms. The standard InChI is InChI=1S/C19H19Cl2FN2/c1-11-8-12(20)9-16-14(4-2-3-7-23)19(24-18(11)16)15-6-5-13(22)10-17(15)21/h5-6,8-10,24H,2-4,7,23H2,1H3. The van der Waals surface area contributed by atoms with Crippen LogP contribution in [0.2, 0.25) is 10.0 Å². The molecule has 0 radical (unpaired) electrons. The number of benzene rings is 2.